The van der Waals surface area contributed by atoms with Gasteiger partial charge in [-0.05, 0) is 38.5 Å². The number of amides is 1. The predicted molar refractivity (Wildman–Crippen MR) is 85.7 cm³/mol. The van der Waals surface area contributed by atoms with Crippen LogP contribution in [-0.2, 0) is 0 Å². The molecule has 118 valence electrons. The van der Waals surface area contributed by atoms with Gasteiger partial charge in [0.15, 0.2) is 11.5 Å². The summed E-state index contributed by atoms with van der Waals surface area (Å²) in [6.07, 6.45) is 0.901. The highest BCUT2D eigenvalue weighted by Gasteiger charge is 2.17. The molecule has 1 rings (SSSR count). The van der Waals surface area contributed by atoms with Gasteiger partial charge in [-0.1, -0.05) is 6.92 Å². The highest BCUT2D eigenvalue weighted by atomic mass is 35.5. The van der Waals surface area contributed by atoms with Gasteiger partial charge in [-0.2, -0.15) is 0 Å². The van der Waals surface area contributed by atoms with Crippen molar-refractivity contribution >= 4 is 17.5 Å². The summed E-state index contributed by atoms with van der Waals surface area (Å²) in [6, 6.07) is 5.30. The second kappa shape index (κ2) is 9.50. The van der Waals surface area contributed by atoms with Gasteiger partial charge in [0.2, 0.25) is 0 Å². The predicted octanol–water partition coefficient (Wildman–Crippen LogP) is 3.58. The number of ether oxygens (including phenoxy) is 2. The Bertz CT molecular complexity index is 445. The minimum Gasteiger partial charge on any atom is -0.490 e. The number of alkyl halides is 1. The van der Waals surface area contributed by atoms with Gasteiger partial charge in [-0.3, -0.25) is 4.79 Å². The molecule has 0 spiro atoms. The smallest absolute Gasteiger partial charge is 0.254 e. The molecule has 0 saturated carbocycles. The van der Waals surface area contributed by atoms with E-state index in [9.17, 15) is 4.79 Å². The summed E-state index contributed by atoms with van der Waals surface area (Å²) in [7, 11) is 0. The van der Waals surface area contributed by atoms with Crippen LogP contribution in [0.2, 0.25) is 0 Å². The second-order valence-corrected chi connectivity index (χ2v) is 4.89. The van der Waals surface area contributed by atoms with Crippen molar-refractivity contribution in [3.8, 4) is 11.5 Å². The van der Waals surface area contributed by atoms with Crippen molar-refractivity contribution in [2.24, 2.45) is 0 Å². The second-order valence-electron chi connectivity index (χ2n) is 4.51. The van der Waals surface area contributed by atoms with Crippen molar-refractivity contribution in [1.82, 2.24) is 4.90 Å². The number of carbonyl (C=O) groups is 1. The molecule has 0 aliphatic heterocycles. The Morgan fingerprint density at radius 2 is 1.76 bits per heavy atom. The fourth-order valence-electron chi connectivity index (χ4n) is 2.05. The van der Waals surface area contributed by atoms with Crippen LogP contribution in [0, 0.1) is 0 Å². The van der Waals surface area contributed by atoms with Gasteiger partial charge in [-0.25, -0.2) is 0 Å². The van der Waals surface area contributed by atoms with Crippen LogP contribution in [0.5, 0.6) is 11.5 Å². The van der Waals surface area contributed by atoms with Crippen molar-refractivity contribution in [1.29, 1.82) is 0 Å². The largest absolute Gasteiger partial charge is 0.490 e. The van der Waals surface area contributed by atoms with Crippen molar-refractivity contribution in [2.45, 2.75) is 27.2 Å². The molecule has 0 aromatic heterocycles. The first kappa shape index (κ1) is 17.6. The van der Waals surface area contributed by atoms with Crippen LogP contribution in [0.3, 0.4) is 0 Å². The van der Waals surface area contributed by atoms with E-state index in [4.69, 9.17) is 21.1 Å². The molecule has 0 radical (unpaired) electrons. The molecule has 0 heterocycles. The first-order valence-corrected chi connectivity index (χ1v) is 7.96. The Morgan fingerprint density at radius 3 is 2.33 bits per heavy atom. The summed E-state index contributed by atoms with van der Waals surface area (Å²) in [5.74, 6) is 1.67. The monoisotopic (exact) mass is 313 g/mol. The van der Waals surface area contributed by atoms with Crippen molar-refractivity contribution in [3.05, 3.63) is 23.8 Å². The Hall–Kier alpha value is -1.42. The molecule has 4 nitrogen and oxygen atoms in total. The van der Waals surface area contributed by atoms with Gasteiger partial charge >= 0.3 is 0 Å². The van der Waals surface area contributed by atoms with E-state index >= 15 is 0 Å². The average molecular weight is 314 g/mol. The van der Waals surface area contributed by atoms with Gasteiger partial charge in [-0.15, -0.1) is 11.6 Å². The molecule has 21 heavy (non-hydrogen) atoms. The first-order valence-electron chi connectivity index (χ1n) is 7.42. The van der Waals surface area contributed by atoms with Crippen molar-refractivity contribution in [2.75, 3.05) is 32.2 Å². The Balaban J connectivity index is 3.00. The normalized spacial score (nSPS) is 10.3. The Kier molecular flexibility index (Phi) is 7.98. The van der Waals surface area contributed by atoms with Crippen LogP contribution in [0.25, 0.3) is 0 Å². The van der Waals surface area contributed by atoms with Crippen LogP contribution in [0.1, 0.15) is 37.6 Å². The maximum Gasteiger partial charge on any atom is 0.254 e. The molecule has 0 saturated heterocycles. The fraction of sp³-hybridized carbons (Fsp3) is 0.562. The fourth-order valence-corrected chi connectivity index (χ4v) is 2.26. The molecule has 0 fully saturated rings. The highest BCUT2D eigenvalue weighted by Crippen LogP contribution is 2.29. The zero-order valence-corrected chi connectivity index (χ0v) is 13.8. The van der Waals surface area contributed by atoms with Crippen LogP contribution < -0.4 is 9.47 Å². The van der Waals surface area contributed by atoms with Gasteiger partial charge in [0.25, 0.3) is 5.91 Å². The molecule has 5 heteroatoms. The standard InChI is InChI=1S/C16H24ClNO3/c1-4-10-18(11-9-17)16(19)13-7-8-14(20-5-2)15(12-13)21-6-3/h7-8,12H,4-6,9-11H2,1-3H3. The minimum atomic E-state index is -0.0264. The lowest BCUT2D eigenvalue weighted by molar-refractivity contribution is 0.0765. The summed E-state index contributed by atoms with van der Waals surface area (Å²) in [4.78, 5) is 14.3. The molecule has 0 aliphatic carbocycles. The number of nitrogens with zero attached hydrogens (tertiary/aromatic N) is 1. The third-order valence-electron chi connectivity index (χ3n) is 2.93. The summed E-state index contributed by atoms with van der Waals surface area (Å²) in [5.41, 5.74) is 0.598. The lowest BCUT2D eigenvalue weighted by Crippen LogP contribution is -2.33. The molecule has 0 unspecified atom stereocenters. The number of benzene rings is 1. The zero-order chi connectivity index (χ0) is 15.7. The Labute approximate surface area is 132 Å². The van der Waals surface area contributed by atoms with E-state index < -0.39 is 0 Å². The van der Waals surface area contributed by atoms with Crippen molar-refractivity contribution < 1.29 is 14.3 Å². The lowest BCUT2D eigenvalue weighted by atomic mass is 10.1. The van der Waals surface area contributed by atoms with E-state index in [-0.39, 0.29) is 5.91 Å². The topological polar surface area (TPSA) is 38.8 Å². The first-order chi connectivity index (χ1) is 10.2. The number of carbonyl (C=O) groups excluding carboxylic acids is 1. The van der Waals surface area contributed by atoms with E-state index in [0.717, 1.165) is 6.42 Å². The molecular formula is C16H24ClNO3. The number of hydrogen-bond acceptors (Lipinski definition) is 3. The van der Waals surface area contributed by atoms with Crippen molar-refractivity contribution in [3.63, 3.8) is 0 Å². The van der Waals surface area contributed by atoms with Gasteiger partial charge in [0.1, 0.15) is 0 Å². The lowest BCUT2D eigenvalue weighted by Gasteiger charge is -2.21. The van der Waals surface area contributed by atoms with E-state index in [1.807, 2.05) is 20.8 Å². The summed E-state index contributed by atoms with van der Waals surface area (Å²) in [5, 5.41) is 0. The third-order valence-corrected chi connectivity index (χ3v) is 3.09. The van der Waals surface area contributed by atoms with Crippen LogP contribution in [-0.4, -0.2) is 43.0 Å². The minimum absolute atomic E-state index is 0.0264. The van der Waals surface area contributed by atoms with E-state index in [0.29, 0.717) is 49.2 Å². The SMILES string of the molecule is CCCN(CCCl)C(=O)c1ccc(OCC)c(OCC)c1. The number of rotatable bonds is 9. The zero-order valence-electron chi connectivity index (χ0n) is 13.0. The third kappa shape index (κ3) is 5.12. The molecule has 0 N–H and O–H groups in total. The van der Waals surface area contributed by atoms with Crippen LogP contribution >= 0.6 is 11.6 Å². The molecule has 1 amide bonds. The highest BCUT2D eigenvalue weighted by molar-refractivity contribution is 6.18. The maximum absolute atomic E-state index is 12.5. The van der Waals surface area contributed by atoms with Crippen LogP contribution in [0.4, 0.5) is 0 Å². The number of hydrogen-bond donors (Lipinski definition) is 0. The molecule has 1 aromatic carbocycles. The number of halogens is 1. The average Bonchev–Trinajstić information content (AvgIpc) is 2.48. The van der Waals surface area contributed by atoms with Gasteiger partial charge in [0, 0.05) is 24.5 Å². The molecule has 0 aliphatic rings. The van der Waals surface area contributed by atoms with E-state index in [1.165, 1.54) is 0 Å². The summed E-state index contributed by atoms with van der Waals surface area (Å²) < 4.78 is 11.1. The van der Waals surface area contributed by atoms with Crippen LogP contribution in [0.15, 0.2) is 18.2 Å². The maximum atomic E-state index is 12.5. The molecule has 1 aromatic rings. The van der Waals surface area contributed by atoms with Gasteiger partial charge < -0.3 is 14.4 Å². The molecule has 0 bridgehead atoms. The van der Waals surface area contributed by atoms with E-state index in [2.05, 4.69) is 0 Å². The summed E-state index contributed by atoms with van der Waals surface area (Å²) >= 11 is 5.77. The summed E-state index contributed by atoms with van der Waals surface area (Å²) in [6.45, 7) is 8.19. The molecule has 0 atom stereocenters. The van der Waals surface area contributed by atoms with E-state index in [1.54, 1.807) is 23.1 Å². The molecular weight excluding hydrogens is 290 g/mol. The van der Waals surface area contributed by atoms with Gasteiger partial charge in [0.05, 0.1) is 13.2 Å². The Morgan fingerprint density at radius 1 is 1.10 bits per heavy atom. The quantitative estimate of drug-likeness (QED) is 0.654.